The maximum atomic E-state index is 11.5. The highest BCUT2D eigenvalue weighted by Gasteiger charge is 2.23. The van der Waals surface area contributed by atoms with E-state index in [0.717, 1.165) is 25.9 Å². The lowest BCUT2D eigenvalue weighted by atomic mass is 10.1. The quantitative estimate of drug-likeness (QED) is 0.561. The van der Waals surface area contributed by atoms with Gasteiger partial charge in [-0.25, -0.2) is 0 Å². The van der Waals surface area contributed by atoms with Crippen LogP contribution < -0.4 is 20.1 Å². The molecule has 1 aliphatic heterocycles. The van der Waals surface area contributed by atoms with Gasteiger partial charge in [0.05, 0.1) is 31.2 Å². The van der Waals surface area contributed by atoms with Gasteiger partial charge in [-0.15, -0.1) is 0 Å². The number of piperidine rings is 1. The number of nitriles is 1. The van der Waals surface area contributed by atoms with Crippen LogP contribution in [-0.2, 0) is 4.79 Å². The molecule has 8 nitrogen and oxygen atoms in total. The van der Waals surface area contributed by atoms with E-state index in [1.807, 2.05) is 0 Å². The molecule has 0 unspecified atom stereocenters. The second-order valence-electron chi connectivity index (χ2n) is 5.96. The third-order valence-corrected chi connectivity index (χ3v) is 4.25. The Morgan fingerprint density at radius 2 is 2.15 bits per heavy atom. The number of rotatable bonds is 7. The molecule has 2 N–H and O–H groups in total. The Balaban J connectivity index is 2.05. The van der Waals surface area contributed by atoms with Crippen molar-refractivity contribution in [3.63, 3.8) is 0 Å². The van der Waals surface area contributed by atoms with E-state index in [1.54, 1.807) is 33.3 Å². The van der Waals surface area contributed by atoms with Crippen LogP contribution in [0.2, 0.25) is 0 Å². The summed E-state index contributed by atoms with van der Waals surface area (Å²) in [6.45, 7) is 1.99. The molecule has 0 aromatic heterocycles. The first-order valence-electron chi connectivity index (χ1n) is 8.50. The molecule has 1 amide bonds. The molecule has 140 valence electrons. The maximum Gasteiger partial charge on any atom is 0.233 e. The highest BCUT2D eigenvalue weighted by molar-refractivity contribution is 5.80. The highest BCUT2D eigenvalue weighted by Crippen LogP contribution is 2.34. The molecule has 8 heteroatoms. The second-order valence-corrected chi connectivity index (χ2v) is 5.96. The molecule has 0 atom stereocenters. The minimum Gasteiger partial charge on any atom is -0.493 e. The maximum absolute atomic E-state index is 11.5. The van der Waals surface area contributed by atoms with Crippen LogP contribution in [-0.4, -0.2) is 64.1 Å². The number of carbonyl (C=O) groups excluding carboxylic acids is 1. The largest absolute Gasteiger partial charge is 0.493 e. The second kappa shape index (κ2) is 9.63. The number of ether oxygens (including phenoxy) is 2. The zero-order chi connectivity index (χ0) is 18.9. The van der Waals surface area contributed by atoms with Crippen molar-refractivity contribution >= 4 is 17.9 Å². The number of aliphatic imine (C=N–C) groups is 1. The molecular formula is C18H25N5O3. The van der Waals surface area contributed by atoms with Gasteiger partial charge in [0.2, 0.25) is 5.91 Å². The summed E-state index contributed by atoms with van der Waals surface area (Å²) in [5.74, 6) is 1.12. The Morgan fingerprint density at radius 1 is 1.42 bits per heavy atom. The van der Waals surface area contributed by atoms with Gasteiger partial charge in [0.15, 0.2) is 11.5 Å². The first-order valence-corrected chi connectivity index (χ1v) is 8.50. The third-order valence-electron chi connectivity index (χ3n) is 4.25. The molecule has 1 fully saturated rings. The average molecular weight is 359 g/mol. The normalized spacial score (nSPS) is 15.5. The van der Waals surface area contributed by atoms with Crippen molar-refractivity contribution in [3.05, 3.63) is 17.7 Å². The Labute approximate surface area is 153 Å². The average Bonchev–Trinajstić information content (AvgIpc) is 2.67. The number of benzene rings is 1. The number of nitrogens with one attached hydrogen (secondary N) is 2. The fraction of sp³-hybridized carbons (Fsp3) is 0.500. The highest BCUT2D eigenvalue weighted by atomic mass is 16.5. The predicted octanol–water partition coefficient (Wildman–Crippen LogP) is 1.23. The first kappa shape index (κ1) is 19.5. The van der Waals surface area contributed by atoms with Gasteiger partial charge in [0.1, 0.15) is 12.2 Å². The number of anilines is 1. The Kier molecular flexibility index (Phi) is 7.24. The van der Waals surface area contributed by atoms with E-state index in [0.29, 0.717) is 29.3 Å². The van der Waals surface area contributed by atoms with E-state index in [1.165, 1.54) is 6.34 Å². The lowest BCUT2D eigenvalue weighted by Crippen LogP contribution is -2.43. The van der Waals surface area contributed by atoms with Crippen LogP contribution >= 0.6 is 0 Å². The Bertz CT molecular complexity index is 691. The van der Waals surface area contributed by atoms with Gasteiger partial charge >= 0.3 is 0 Å². The zero-order valence-corrected chi connectivity index (χ0v) is 15.4. The minimum absolute atomic E-state index is 0.0170. The van der Waals surface area contributed by atoms with Crippen LogP contribution in [0.4, 0.5) is 5.69 Å². The van der Waals surface area contributed by atoms with Crippen molar-refractivity contribution in [3.8, 4) is 17.6 Å². The monoisotopic (exact) mass is 359 g/mol. The zero-order valence-electron chi connectivity index (χ0n) is 15.4. The molecule has 1 heterocycles. The van der Waals surface area contributed by atoms with Crippen molar-refractivity contribution < 1.29 is 14.3 Å². The Hall–Kier alpha value is -2.79. The van der Waals surface area contributed by atoms with Gasteiger partial charge in [0, 0.05) is 39.3 Å². The van der Waals surface area contributed by atoms with Crippen LogP contribution in [0.5, 0.6) is 11.5 Å². The molecule has 0 radical (unpaired) electrons. The molecule has 1 aromatic carbocycles. The summed E-state index contributed by atoms with van der Waals surface area (Å²) in [6.07, 6.45) is 3.15. The molecule has 1 aromatic rings. The summed E-state index contributed by atoms with van der Waals surface area (Å²) in [4.78, 5) is 17.4. The number of hydrogen-bond acceptors (Lipinski definition) is 6. The van der Waals surface area contributed by atoms with Crippen molar-refractivity contribution in [1.29, 1.82) is 5.26 Å². The van der Waals surface area contributed by atoms with Crippen molar-refractivity contribution in [2.75, 3.05) is 46.2 Å². The number of nitrogens with zero attached hydrogens (tertiary/aromatic N) is 3. The van der Waals surface area contributed by atoms with Crippen LogP contribution in [0.15, 0.2) is 17.1 Å². The fourth-order valence-electron chi connectivity index (χ4n) is 2.80. The van der Waals surface area contributed by atoms with Gasteiger partial charge in [0.25, 0.3) is 0 Å². The third kappa shape index (κ3) is 5.10. The van der Waals surface area contributed by atoms with E-state index in [9.17, 15) is 10.1 Å². The standard InChI is InChI=1S/C18H25N5O3/c1-20-12-22-15-9-16(25-3)17(8-13(15)10-19)26-14-4-6-23(7-5-14)11-18(24)21-2/h8-9,12,14H,4-7,11H2,1-3H3,(H,20,22)(H,21,24). The van der Waals surface area contributed by atoms with Gasteiger partial charge in [-0.1, -0.05) is 0 Å². The number of amides is 1. The molecule has 0 aliphatic carbocycles. The first-order chi connectivity index (χ1) is 12.6. The van der Waals surface area contributed by atoms with Gasteiger partial charge < -0.3 is 20.1 Å². The topological polar surface area (TPSA) is 99.0 Å². The number of methoxy groups -OCH3 is 1. The van der Waals surface area contributed by atoms with E-state index in [2.05, 4.69) is 26.6 Å². The molecular weight excluding hydrogens is 334 g/mol. The smallest absolute Gasteiger partial charge is 0.233 e. The van der Waals surface area contributed by atoms with E-state index in [4.69, 9.17) is 9.47 Å². The van der Waals surface area contributed by atoms with Gasteiger partial charge in [-0.05, 0) is 12.8 Å². The molecule has 1 saturated heterocycles. The van der Waals surface area contributed by atoms with Crippen molar-refractivity contribution in [2.45, 2.75) is 18.9 Å². The minimum atomic E-state index is 0.0170. The summed E-state index contributed by atoms with van der Waals surface area (Å²) in [6, 6.07) is 5.57. The molecule has 0 bridgehead atoms. The van der Waals surface area contributed by atoms with Crippen LogP contribution in [0.1, 0.15) is 18.4 Å². The summed E-state index contributed by atoms with van der Waals surface area (Å²) < 4.78 is 11.5. The van der Waals surface area contributed by atoms with Crippen LogP contribution in [0, 0.1) is 11.3 Å². The lowest BCUT2D eigenvalue weighted by Gasteiger charge is -2.31. The van der Waals surface area contributed by atoms with Crippen molar-refractivity contribution in [1.82, 2.24) is 10.2 Å². The van der Waals surface area contributed by atoms with Gasteiger partial charge in [-0.3, -0.25) is 14.7 Å². The number of likely N-dealkylation sites (tertiary alicyclic amines) is 1. The summed E-state index contributed by atoms with van der Waals surface area (Å²) in [7, 11) is 4.85. The van der Waals surface area contributed by atoms with Gasteiger partial charge in [-0.2, -0.15) is 5.26 Å². The lowest BCUT2D eigenvalue weighted by molar-refractivity contribution is -0.122. The van der Waals surface area contributed by atoms with E-state index >= 15 is 0 Å². The summed E-state index contributed by atoms with van der Waals surface area (Å²) in [5.41, 5.74) is 1.07. The number of likely N-dealkylation sites (N-methyl/N-ethyl adjacent to an activating group) is 1. The van der Waals surface area contributed by atoms with E-state index < -0.39 is 0 Å². The number of hydrogen-bond donors (Lipinski definition) is 2. The van der Waals surface area contributed by atoms with Crippen LogP contribution in [0.3, 0.4) is 0 Å². The molecule has 26 heavy (non-hydrogen) atoms. The van der Waals surface area contributed by atoms with Crippen LogP contribution in [0.25, 0.3) is 0 Å². The fourth-order valence-corrected chi connectivity index (χ4v) is 2.80. The molecule has 0 saturated carbocycles. The SMILES string of the molecule is CN=CNc1cc(OC)c(OC2CCN(CC(=O)NC)CC2)cc1C#N. The molecule has 1 aliphatic rings. The summed E-state index contributed by atoms with van der Waals surface area (Å²) >= 11 is 0. The molecule has 0 spiro atoms. The number of carbonyl (C=O) groups is 1. The van der Waals surface area contributed by atoms with E-state index in [-0.39, 0.29) is 12.0 Å². The van der Waals surface area contributed by atoms with Crippen molar-refractivity contribution in [2.24, 2.45) is 4.99 Å². The Morgan fingerprint density at radius 3 is 2.73 bits per heavy atom. The summed E-state index contributed by atoms with van der Waals surface area (Å²) in [5, 5.41) is 15.0. The predicted molar refractivity (Wildman–Crippen MR) is 99.9 cm³/mol. The molecule has 2 rings (SSSR count).